The minimum atomic E-state index is 0.385. The van der Waals surface area contributed by atoms with Crippen LogP contribution in [0.2, 0.25) is 0 Å². The van der Waals surface area contributed by atoms with Crippen LogP contribution in [0.25, 0.3) is 0 Å². The number of hydrogen-bond donors (Lipinski definition) is 1. The normalized spacial score (nSPS) is 12.6. The largest absolute Gasteiger partial charge is 0.354 e. The van der Waals surface area contributed by atoms with Crippen molar-refractivity contribution in [1.82, 2.24) is 9.88 Å². The third-order valence-electron chi connectivity index (χ3n) is 3.68. The van der Waals surface area contributed by atoms with Gasteiger partial charge in [0.25, 0.3) is 0 Å². The highest BCUT2D eigenvalue weighted by Crippen LogP contribution is 2.14. The fourth-order valence-corrected chi connectivity index (χ4v) is 2.22. The number of rotatable bonds is 6. The molecule has 2 rings (SSSR count). The van der Waals surface area contributed by atoms with Crippen LogP contribution in [0.5, 0.6) is 0 Å². The summed E-state index contributed by atoms with van der Waals surface area (Å²) >= 11 is 0. The molecule has 0 fully saturated rings. The van der Waals surface area contributed by atoms with E-state index in [1.54, 1.807) is 0 Å². The molecule has 1 aromatic carbocycles. The number of benzene rings is 1. The van der Waals surface area contributed by atoms with Gasteiger partial charge in [-0.3, -0.25) is 0 Å². The lowest BCUT2D eigenvalue weighted by atomic mass is 10.0. The molecular weight excluding hydrogens is 232 g/mol. The van der Waals surface area contributed by atoms with E-state index in [0.717, 1.165) is 19.5 Å². The second-order valence-electron chi connectivity index (χ2n) is 5.05. The van der Waals surface area contributed by atoms with Gasteiger partial charge in [0.1, 0.15) is 0 Å². The molecule has 1 unspecified atom stereocenters. The van der Waals surface area contributed by atoms with Crippen LogP contribution < -0.4 is 5.32 Å². The van der Waals surface area contributed by atoms with Crippen molar-refractivity contribution in [1.29, 1.82) is 0 Å². The van der Waals surface area contributed by atoms with Gasteiger partial charge in [-0.2, -0.15) is 0 Å². The summed E-state index contributed by atoms with van der Waals surface area (Å²) in [6.45, 7) is 8.53. The van der Waals surface area contributed by atoms with E-state index >= 15 is 0 Å². The van der Waals surface area contributed by atoms with Gasteiger partial charge in [0, 0.05) is 31.5 Å². The van der Waals surface area contributed by atoms with E-state index in [2.05, 4.69) is 73.4 Å². The maximum atomic E-state index is 3.58. The van der Waals surface area contributed by atoms with Gasteiger partial charge >= 0.3 is 0 Å². The molecule has 0 amide bonds. The van der Waals surface area contributed by atoms with E-state index in [1.807, 2.05) is 0 Å². The molecule has 1 atom stereocenters. The van der Waals surface area contributed by atoms with Crippen molar-refractivity contribution >= 4 is 0 Å². The average molecular weight is 256 g/mol. The van der Waals surface area contributed by atoms with Crippen molar-refractivity contribution in [2.45, 2.75) is 46.3 Å². The summed E-state index contributed by atoms with van der Waals surface area (Å²) in [5, 5.41) is 3.58. The van der Waals surface area contributed by atoms with Gasteiger partial charge in [-0.25, -0.2) is 0 Å². The molecule has 0 spiro atoms. The van der Waals surface area contributed by atoms with Gasteiger partial charge in [-0.05, 0) is 43.0 Å². The average Bonchev–Trinajstić information content (AvgIpc) is 2.93. The summed E-state index contributed by atoms with van der Waals surface area (Å²) in [6.07, 6.45) is 5.45. The summed E-state index contributed by atoms with van der Waals surface area (Å²) in [6, 6.07) is 11.5. The zero-order chi connectivity index (χ0) is 13.7. The van der Waals surface area contributed by atoms with E-state index in [0.29, 0.717) is 6.04 Å². The Bertz CT molecular complexity index is 496. The maximum absolute atomic E-state index is 3.58. The molecule has 2 nitrogen and oxygen atoms in total. The zero-order valence-electron chi connectivity index (χ0n) is 12.2. The first-order valence-electron chi connectivity index (χ1n) is 7.19. The SMILES string of the molecule is CCc1ccc(C(C)NCc2ccn(CC)c2)cc1. The van der Waals surface area contributed by atoms with Gasteiger partial charge in [-0.1, -0.05) is 31.2 Å². The summed E-state index contributed by atoms with van der Waals surface area (Å²) < 4.78 is 2.21. The second-order valence-corrected chi connectivity index (χ2v) is 5.05. The molecule has 0 saturated heterocycles. The smallest absolute Gasteiger partial charge is 0.0294 e. The van der Waals surface area contributed by atoms with Crippen LogP contribution in [0.4, 0.5) is 0 Å². The van der Waals surface area contributed by atoms with Gasteiger partial charge in [0.05, 0.1) is 0 Å². The fourth-order valence-electron chi connectivity index (χ4n) is 2.22. The van der Waals surface area contributed by atoms with E-state index in [9.17, 15) is 0 Å². The van der Waals surface area contributed by atoms with Gasteiger partial charge < -0.3 is 9.88 Å². The van der Waals surface area contributed by atoms with Crippen LogP contribution in [0, 0.1) is 0 Å². The Kier molecular flexibility index (Phi) is 4.80. The lowest BCUT2D eigenvalue weighted by Gasteiger charge is -2.14. The molecule has 2 aromatic rings. The van der Waals surface area contributed by atoms with E-state index < -0.39 is 0 Å². The lowest BCUT2D eigenvalue weighted by Crippen LogP contribution is -2.17. The molecule has 0 bridgehead atoms. The molecule has 0 saturated carbocycles. The summed E-state index contributed by atoms with van der Waals surface area (Å²) in [7, 11) is 0. The minimum absolute atomic E-state index is 0.385. The topological polar surface area (TPSA) is 17.0 Å². The number of nitrogens with zero attached hydrogens (tertiary/aromatic N) is 1. The molecule has 1 aromatic heterocycles. The van der Waals surface area contributed by atoms with E-state index in [-0.39, 0.29) is 0 Å². The first-order chi connectivity index (χ1) is 9.22. The van der Waals surface area contributed by atoms with Crippen molar-refractivity contribution in [3.8, 4) is 0 Å². The fraction of sp³-hybridized carbons (Fsp3) is 0.412. The molecule has 19 heavy (non-hydrogen) atoms. The van der Waals surface area contributed by atoms with Crippen molar-refractivity contribution < 1.29 is 0 Å². The Morgan fingerprint density at radius 2 is 1.79 bits per heavy atom. The Labute approximate surface area is 116 Å². The first-order valence-corrected chi connectivity index (χ1v) is 7.19. The van der Waals surface area contributed by atoms with Crippen molar-refractivity contribution in [3.05, 3.63) is 59.4 Å². The Hall–Kier alpha value is -1.54. The van der Waals surface area contributed by atoms with Gasteiger partial charge in [-0.15, -0.1) is 0 Å². The van der Waals surface area contributed by atoms with Crippen molar-refractivity contribution in [2.75, 3.05) is 0 Å². The highest BCUT2D eigenvalue weighted by atomic mass is 14.9. The number of aromatic nitrogens is 1. The Morgan fingerprint density at radius 3 is 2.37 bits per heavy atom. The zero-order valence-corrected chi connectivity index (χ0v) is 12.2. The summed E-state index contributed by atoms with van der Waals surface area (Å²) in [5.41, 5.74) is 4.10. The van der Waals surface area contributed by atoms with Crippen LogP contribution >= 0.6 is 0 Å². The predicted octanol–water partition coefficient (Wildman–Crippen LogP) is 3.92. The summed E-state index contributed by atoms with van der Waals surface area (Å²) in [5.74, 6) is 0. The molecule has 0 aliphatic heterocycles. The number of aryl methyl sites for hydroxylation is 2. The summed E-state index contributed by atoms with van der Waals surface area (Å²) in [4.78, 5) is 0. The highest BCUT2D eigenvalue weighted by Gasteiger charge is 2.05. The third-order valence-corrected chi connectivity index (χ3v) is 3.68. The van der Waals surface area contributed by atoms with Crippen molar-refractivity contribution in [2.24, 2.45) is 0 Å². The molecule has 2 heteroatoms. The Balaban J connectivity index is 1.90. The van der Waals surface area contributed by atoms with E-state index in [1.165, 1.54) is 16.7 Å². The first kappa shape index (κ1) is 13.9. The number of hydrogen-bond acceptors (Lipinski definition) is 1. The molecule has 0 aliphatic rings. The lowest BCUT2D eigenvalue weighted by molar-refractivity contribution is 0.574. The van der Waals surface area contributed by atoms with Crippen LogP contribution in [0.15, 0.2) is 42.7 Å². The van der Waals surface area contributed by atoms with Crippen LogP contribution in [0.3, 0.4) is 0 Å². The molecule has 0 aliphatic carbocycles. The third kappa shape index (κ3) is 3.71. The van der Waals surface area contributed by atoms with Gasteiger partial charge in [0.15, 0.2) is 0 Å². The van der Waals surface area contributed by atoms with Crippen LogP contribution in [0.1, 0.15) is 43.5 Å². The van der Waals surface area contributed by atoms with Crippen LogP contribution in [-0.2, 0) is 19.5 Å². The monoisotopic (exact) mass is 256 g/mol. The number of nitrogens with one attached hydrogen (secondary N) is 1. The quantitative estimate of drug-likeness (QED) is 0.829. The van der Waals surface area contributed by atoms with Gasteiger partial charge in [0.2, 0.25) is 0 Å². The van der Waals surface area contributed by atoms with Crippen molar-refractivity contribution in [3.63, 3.8) is 0 Å². The van der Waals surface area contributed by atoms with Crippen LogP contribution in [-0.4, -0.2) is 4.57 Å². The second kappa shape index (κ2) is 6.58. The Morgan fingerprint density at radius 1 is 1.05 bits per heavy atom. The molecule has 102 valence electrons. The molecule has 1 N–H and O–H groups in total. The highest BCUT2D eigenvalue weighted by molar-refractivity contribution is 5.24. The molecule has 0 radical (unpaired) electrons. The minimum Gasteiger partial charge on any atom is -0.354 e. The molecule has 1 heterocycles. The van der Waals surface area contributed by atoms with E-state index in [4.69, 9.17) is 0 Å². The predicted molar refractivity (Wildman–Crippen MR) is 81.2 cm³/mol. The standard InChI is InChI=1S/C17H24N2/c1-4-15-6-8-17(9-7-15)14(3)18-12-16-10-11-19(5-2)13-16/h6-11,13-14,18H,4-5,12H2,1-3H3. The molecular formula is C17H24N2. The maximum Gasteiger partial charge on any atom is 0.0294 e.